The summed E-state index contributed by atoms with van der Waals surface area (Å²) in [5, 5.41) is 3.13. The van der Waals surface area contributed by atoms with Gasteiger partial charge in [0.05, 0.1) is 6.54 Å². The zero-order valence-corrected chi connectivity index (χ0v) is 13.9. The van der Waals surface area contributed by atoms with E-state index in [1.165, 1.54) is 17.7 Å². The molecule has 2 aromatic carbocycles. The van der Waals surface area contributed by atoms with Crippen molar-refractivity contribution in [1.82, 2.24) is 5.32 Å². The average Bonchev–Trinajstić information content (AvgIpc) is 3.33. The van der Waals surface area contributed by atoms with Gasteiger partial charge in [0.2, 0.25) is 5.91 Å². The second kappa shape index (κ2) is 8.13. The van der Waals surface area contributed by atoms with Crippen LogP contribution in [0.3, 0.4) is 0 Å². The molecule has 1 aliphatic carbocycles. The highest BCUT2D eigenvalue weighted by Crippen LogP contribution is 2.41. The Morgan fingerprint density at radius 1 is 1.17 bits per heavy atom. The summed E-state index contributed by atoms with van der Waals surface area (Å²) < 4.78 is 18.5. The van der Waals surface area contributed by atoms with E-state index in [1.54, 1.807) is 12.1 Å². The standard InChI is InChI=1S/C18H19FN2O2.ClH/c19-14-5-1-12(2-6-14)11-23-15-7-3-13(4-8-15)16-9-17(16)21-10-18(20)22;/h1-8,16-17,21H,9-11H2,(H2,20,22);1H/t16?,17-;/m0./s1. The lowest BCUT2D eigenvalue weighted by Crippen LogP contribution is -2.30. The number of primary amides is 1. The molecule has 0 aliphatic heterocycles. The van der Waals surface area contributed by atoms with E-state index in [-0.39, 0.29) is 30.7 Å². The van der Waals surface area contributed by atoms with Crippen LogP contribution in [0.2, 0.25) is 0 Å². The molecule has 3 rings (SSSR count). The van der Waals surface area contributed by atoms with Crippen LogP contribution in [0.25, 0.3) is 0 Å². The van der Waals surface area contributed by atoms with Gasteiger partial charge in [-0.05, 0) is 41.8 Å². The van der Waals surface area contributed by atoms with E-state index in [9.17, 15) is 9.18 Å². The van der Waals surface area contributed by atoms with E-state index in [2.05, 4.69) is 5.32 Å². The Kier molecular flexibility index (Phi) is 6.17. The summed E-state index contributed by atoms with van der Waals surface area (Å²) >= 11 is 0. The minimum absolute atomic E-state index is 0. The summed E-state index contributed by atoms with van der Waals surface area (Å²) in [5.74, 6) is 0.628. The Balaban J connectivity index is 0.00000208. The summed E-state index contributed by atoms with van der Waals surface area (Å²) in [4.78, 5) is 10.7. The summed E-state index contributed by atoms with van der Waals surface area (Å²) in [7, 11) is 0. The smallest absolute Gasteiger partial charge is 0.231 e. The van der Waals surface area contributed by atoms with Crippen molar-refractivity contribution in [2.45, 2.75) is 25.0 Å². The molecule has 1 unspecified atom stereocenters. The first-order valence-corrected chi connectivity index (χ1v) is 7.61. The van der Waals surface area contributed by atoms with E-state index in [0.717, 1.165) is 17.7 Å². The first-order valence-electron chi connectivity index (χ1n) is 7.61. The molecular formula is C18H20ClFN2O2. The highest BCUT2D eigenvalue weighted by atomic mass is 35.5. The summed E-state index contributed by atoms with van der Waals surface area (Å²) in [6, 6.07) is 14.5. The van der Waals surface area contributed by atoms with Crippen LogP contribution in [0.15, 0.2) is 48.5 Å². The van der Waals surface area contributed by atoms with Crippen LogP contribution in [0.1, 0.15) is 23.5 Å². The fourth-order valence-electron chi connectivity index (χ4n) is 2.58. The van der Waals surface area contributed by atoms with Gasteiger partial charge in [-0.15, -0.1) is 12.4 Å². The zero-order valence-electron chi connectivity index (χ0n) is 13.1. The van der Waals surface area contributed by atoms with Gasteiger partial charge in [-0.2, -0.15) is 0 Å². The monoisotopic (exact) mass is 350 g/mol. The van der Waals surface area contributed by atoms with Crippen molar-refractivity contribution >= 4 is 18.3 Å². The number of carbonyl (C=O) groups is 1. The molecule has 0 saturated heterocycles. The molecule has 0 heterocycles. The van der Waals surface area contributed by atoms with Crippen LogP contribution in [0, 0.1) is 5.82 Å². The SMILES string of the molecule is Cl.NC(=O)CN[C@H]1CC1c1ccc(OCc2ccc(F)cc2)cc1. The van der Waals surface area contributed by atoms with Crippen LogP contribution in [0.5, 0.6) is 5.75 Å². The van der Waals surface area contributed by atoms with E-state index in [1.807, 2.05) is 24.3 Å². The van der Waals surface area contributed by atoms with Crippen LogP contribution in [-0.2, 0) is 11.4 Å². The van der Waals surface area contributed by atoms with Gasteiger partial charge in [0.1, 0.15) is 18.2 Å². The zero-order chi connectivity index (χ0) is 16.2. The van der Waals surface area contributed by atoms with Crippen molar-refractivity contribution in [3.05, 3.63) is 65.5 Å². The number of benzene rings is 2. The van der Waals surface area contributed by atoms with Crippen molar-refractivity contribution in [3.8, 4) is 5.75 Å². The Morgan fingerprint density at radius 3 is 2.46 bits per heavy atom. The number of amides is 1. The Labute approximate surface area is 146 Å². The fraction of sp³-hybridized carbons (Fsp3) is 0.278. The fourth-order valence-corrected chi connectivity index (χ4v) is 2.58. The van der Waals surface area contributed by atoms with Gasteiger partial charge >= 0.3 is 0 Å². The first-order chi connectivity index (χ1) is 11.1. The Hall–Kier alpha value is -2.11. The molecule has 24 heavy (non-hydrogen) atoms. The molecule has 3 N–H and O–H groups in total. The predicted molar refractivity (Wildman–Crippen MR) is 92.8 cm³/mol. The summed E-state index contributed by atoms with van der Waals surface area (Å²) in [6.45, 7) is 0.631. The van der Waals surface area contributed by atoms with Crippen molar-refractivity contribution < 1.29 is 13.9 Å². The predicted octanol–water partition coefficient (Wildman–Crippen LogP) is 2.76. The molecule has 1 aliphatic rings. The average molecular weight is 351 g/mol. The summed E-state index contributed by atoms with van der Waals surface area (Å²) in [6.07, 6.45) is 1.02. The molecule has 0 bridgehead atoms. The highest BCUT2D eigenvalue weighted by molar-refractivity contribution is 5.85. The third kappa shape index (κ3) is 4.94. The van der Waals surface area contributed by atoms with Crippen LogP contribution < -0.4 is 15.8 Å². The molecule has 2 atom stereocenters. The molecule has 1 amide bonds. The number of nitrogens with one attached hydrogen (secondary N) is 1. The van der Waals surface area contributed by atoms with Gasteiger partial charge in [-0.3, -0.25) is 4.79 Å². The number of ether oxygens (including phenoxy) is 1. The first kappa shape index (κ1) is 18.2. The number of hydrogen-bond donors (Lipinski definition) is 2. The van der Waals surface area contributed by atoms with Crippen LogP contribution in [0.4, 0.5) is 4.39 Å². The molecule has 0 spiro atoms. The Bertz CT molecular complexity index is 676. The molecule has 128 valence electrons. The molecular weight excluding hydrogens is 331 g/mol. The lowest BCUT2D eigenvalue weighted by molar-refractivity contribution is -0.117. The number of hydrogen-bond acceptors (Lipinski definition) is 3. The summed E-state index contributed by atoms with van der Waals surface area (Å²) in [5.41, 5.74) is 7.27. The van der Waals surface area contributed by atoms with E-state index in [4.69, 9.17) is 10.5 Å². The van der Waals surface area contributed by atoms with E-state index in [0.29, 0.717) is 18.6 Å². The Morgan fingerprint density at radius 2 is 1.83 bits per heavy atom. The van der Waals surface area contributed by atoms with Gasteiger partial charge in [0, 0.05) is 12.0 Å². The topological polar surface area (TPSA) is 64.4 Å². The minimum atomic E-state index is -0.333. The maximum absolute atomic E-state index is 12.8. The van der Waals surface area contributed by atoms with Gasteiger partial charge in [-0.25, -0.2) is 4.39 Å². The third-order valence-electron chi connectivity index (χ3n) is 3.96. The van der Waals surface area contributed by atoms with Crippen molar-refractivity contribution in [2.24, 2.45) is 5.73 Å². The molecule has 6 heteroatoms. The quantitative estimate of drug-likeness (QED) is 0.807. The van der Waals surface area contributed by atoms with Gasteiger partial charge in [-0.1, -0.05) is 24.3 Å². The number of halogens is 2. The van der Waals surface area contributed by atoms with Gasteiger partial charge in [0.25, 0.3) is 0 Å². The van der Waals surface area contributed by atoms with Gasteiger partial charge in [0.15, 0.2) is 0 Å². The number of nitrogens with two attached hydrogens (primary N) is 1. The van der Waals surface area contributed by atoms with Crippen molar-refractivity contribution in [2.75, 3.05) is 6.54 Å². The number of rotatable bonds is 7. The van der Waals surface area contributed by atoms with E-state index >= 15 is 0 Å². The molecule has 0 aromatic heterocycles. The largest absolute Gasteiger partial charge is 0.489 e. The molecule has 1 fully saturated rings. The lowest BCUT2D eigenvalue weighted by Gasteiger charge is -2.08. The normalized spacial score (nSPS) is 18.5. The van der Waals surface area contributed by atoms with Crippen molar-refractivity contribution in [3.63, 3.8) is 0 Å². The lowest BCUT2D eigenvalue weighted by atomic mass is 10.1. The second-order valence-electron chi connectivity index (χ2n) is 5.78. The molecule has 4 nitrogen and oxygen atoms in total. The minimum Gasteiger partial charge on any atom is -0.489 e. The molecule has 1 saturated carbocycles. The van der Waals surface area contributed by atoms with E-state index < -0.39 is 0 Å². The van der Waals surface area contributed by atoms with Crippen LogP contribution >= 0.6 is 12.4 Å². The highest BCUT2D eigenvalue weighted by Gasteiger charge is 2.37. The maximum atomic E-state index is 12.8. The third-order valence-corrected chi connectivity index (χ3v) is 3.96. The molecule has 2 aromatic rings. The molecule has 0 radical (unpaired) electrons. The number of carbonyl (C=O) groups excluding carboxylic acids is 1. The maximum Gasteiger partial charge on any atom is 0.231 e. The van der Waals surface area contributed by atoms with Crippen LogP contribution in [-0.4, -0.2) is 18.5 Å². The van der Waals surface area contributed by atoms with Crippen molar-refractivity contribution in [1.29, 1.82) is 0 Å². The second-order valence-corrected chi connectivity index (χ2v) is 5.78. The van der Waals surface area contributed by atoms with Gasteiger partial charge < -0.3 is 15.8 Å².